The molecule has 0 radical (unpaired) electrons. The molecule has 1 aliphatic carbocycles. The zero-order valence-corrected chi connectivity index (χ0v) is 19.9. The van der Waals surface area contributed by atoms with Crippen molar-refractivity contribution in [1.29, 1.82) is 0 Å². The van der Waals surface area contributed by atoms with Crippen molar-refractivity contribution < 1.29 is 19.5 Å². The van der Waals surface area contributed by atoms with Gasteiger partial charge < -0.3 is 14.7 Å². The number of amides is 1. The van der Waals surface area contributed by atoms with E-state index < -0.39 is 6.09 Å². The fourth-order valence-electron chi connectivity index (χ4n) is 3.94. The van der Waals surface area contributed by atoms with Crippen molar-refractivity contribution in [3.63, 3.8) is 0 Å². The highest BCUT2D eigenvalue weighted by Gasteiger charge is 2.41. The summed E-state index contributed by atoms with van der Waals surface area (Å²) in [5.41, 5.74) is 3.41. The van der Waals surface area contributed by atoms with Gasteiger partial charge >= 0.3 is 6.09 Å². The highest BCUT2D eigenvalue weighted by Crippen LogP contribution is 2.38. The second kappa shape index (κ2) is 10.6. The molecule has 1 saturated heterocycles. The Kier molecular flexibility index (Phi) is 8.11. The Hall–Kier alpha value is -1.93. The largest absolute Gasteiger partial charge is 0.494 e. The molecule has 1 unspecified atom stereocenters. The van der Waals surface area contributed by atoms with Crippen LogP contribution in [0.5, 0.6) is 5.75 Å². The molecule has 1 atom stereocenters. The Labute approximate surface area is 190 Å². The third kappa shape index (κ3) is 6.29. The molecule has 1 aromatic rings. The van der Waals surface area contributed by atoms with Crippen LogP contribution in [0, 0.1) is 5.41 Å². The van der Waals surface area contributed by atoms with Crippen LogP contribution in [-0.2, 0) is 11.3 Å². The normalized spacial score (nSPS) is 20.3. The van der Waals surface area contributed by atoms with Gasteiger partial charge in [-0.1, -0.05) is 25.9 Å². The Morgan fingerprint density at radius 1 is 1.26 bits per heavy atom. The summed E-state index contributed by atoms with van der Waals surface area (Å²) in [7, 11) is 0. The molecule has 172 valence electrons. The lowest BCUT2D eigenvalue weighted by Gasteiger charge is -2.30. The Bertz CT molecular complexity index is 794. The van der Waals surface area contributed by atoms with Gasteiger partial charge in [-0.3, -0.25) is 0 Å². The number of hydrogen-bond acceptors (Lipinski definition) is 6. The number of fused-ring (bicyclic) bond motifs is 1. The number of hydrogen-bond donors (Lipinski definition) is 1. The molecular formula is C23H35N3O4S. The van der Waals surface area contributed by atoms with Crippen molar-refractivity contribution in [3.8, 4) is 5.75 Å². The van der Waals surface area contributed by atoms with Gasteiger partial charge in [0.2, 0.25) is 0 Å². The summed E-state index contributed by atoms with van der Waals surface area (Å²) >= 11 is 1.35. The van der Waals surface area contributed by atoms with Crippen molar-refractivity contribution in [3.05, 3.63) is 29.3 Å². The molecule has 31 heavy (non-hydrogen) atoms. The number of nitrogens with zero attached hydrogens (tertiary/aromatic N) is 3. The lowest BCUT2D eigenvalue weighted by Crippen LogP contribution is -2.41. The fraction of sp³-hybridized carbons (Fsp3) is 0.652. The van der Waals surface area contributed by atoms with Gasteiger partial charge in [-0.25, -0.2) is 13.4 Å². The molecular weight excluding hydrogens is 414 g/mol. The Morgan fingerprint density at radius 2 is 2.06 bits per heavy atom. The summed E-state index contributed by atoms with van der Waals surface area (Å²) in [5, 5.41) is 13.7. The molecule has 3 rings (SSSR count). The molecule has 1 heterocycles. The first-order chi connectivity index (χ1) is 14.8. The SMILES string of the molecule is CCO/N=C1\CCc2cc(OCCCCCN3CC(C(C)(C)C)N(C(=O)O)S3)ccc21. The van der Waals surface area contributed by atoms with Crippen LogP contribution in [0.25, 0.3) is 0 Å². The van der Waals surface area contributed by atoms with Crippen LogP contribution in [0.4, 0.5) is 4.79 Å². The van der Waals surface area contributed by atoms with Crippen molar-refractivity contribution in [2.45, 2.75) is 65.8 Å². The van der Waals surface area contributed by atoms with Crippen molar-refractivity contribution >= 4 is 23.9 Å². The molecule has 2 aliphatic rings. The number of rotatable bonds is 9. The summed E-state index contributed by atoms with van der Waals surface area (Å²) in [6.07, 6.45) is 4.12. The van der Waals surface area contributed by atoms with Crippen LogP contribution in [0.2, 0.25) is 0 Å². The molecule has 0 bridgehead atoms. The molecule has 0 spiro atoms. The van der Waals surface area contributed by atoms with Crippen molar-refractivity contribution in [1.82, 2.24) is 8.61 Å². The van der Waals surface area contributed by atoms with Crippen molar-refractivity contribution in [2.24, 2.45) is 10.6 Å². The van der Waals surface area contributed by atoms with Crippen molar-refractivity contribution in [2.75, 3.05) is 26.3 Å². The first-order valence-electron chi connectivity index (χ1n) is 11.2. The summed E-state index contributed by atoms with van der Waals surface area (Å²) in [6.45, 7) is 11.2. The highest BCUT2D eigenvalue weighted by molar-refractivity contribution is 7.95. The molecule has 1 fully saturated rings. The second-order valence-electron chi connectivity index (χ2n) is 9.14. The molecule has 1 aromatic carbocycles. The monoisotopic (exact) mass is 449 g/mol. The minimum Gasteiger partial charge on any atom is -0.494 e. The number of carbonyl (C=O) groups is 1. The maximum Gasteiger partial charge on any atom is 0.418 e. The molecule has 8 heteroatoms. The third-order valence-corrected chi connectivity index (χ3v) is 6.84. The zero-order valence-electron chi connectivity index (χ0n) is 19.1. The maximum atomic E-state index is 11.5. The van der Waals surface area contributed by atoms with Gasteiger partial charge in [0.05, 0.1) is 18.4 Å². The number of oxime groups is 1. The van der Waals surface area contributed by atoms with Crippen LogP contribution in [-0.4, -0.2) is 57.9 Å². The molecule has 0 saturated carbocycles. The first-order valence-corrected chi connectivity index (χ1v) is 11.9. The molecule has 0 aromatic heterocycles. The standard InChI is InChI=1S/C23H35N3O4S/c1-5-30-24-20-12-9-17-15-18(10-11-19(17)20)29-14-8-6-7-13-25-16-21(23(2,3)4)26(31-25)22(27)28/h10-11,15,21H,5-9,12-14,16H2,1-4H3,(H,27,28)/b24-20+. The van der Waals surface area contributed by atoms with E-state index in [4.69, 9.17) is 9.57 Å². The van der Waals surface area contributed by atoms with Crippen LogP contribution < -0.4 is 4.74 Å². The number of unbranched alkanes of at least 4 members (excludes halogenated alkanes) is 2. The van der Waals surface area contributed by atoms with E-state index in [0.717, 1.165) is 56.7 Å². The van der Waals surface area contributed by atoms with Gasteiger partial charge in [0.15, 0.2) is 0 Å². The minimum absolute atomic E-state index is 0.0113. The minimum atomic E-state index is -0.855. The van der Waals surface area contributed by atoms with E-state index in [1.54, 1.807) is 0 Å². The van der Waals surface area contributed by atoms with Gasteiger partial charge in [0.25, 0.3) is 0 Å². The molecule has 1 aliphatic heterocycles. The smallest absolute Gasteiger partial charge is 0.418 e. The Balaban J connectivity index is 1.37. The Morgan fingerprint density at radius 3 is 2.74 bits per heavy atom. The third-order valence-electron chi connectivity index (χ3n) is 5.69. The van der Waals surface area contributed by atoms with Gasteiger partial charge in [-0.15, -0.1) is 0 Å². The predicted octanol–water partition coefficient (Wildman–Crippen LogP) is 5.20. The summed E-state index contributed by atoms with van der Waals surface area (Å²) in [4.78, 5) is 16.7. The van der Waals surface area contributed by atoms with E-state index in [9.17, 15) is 9.90 Å². The number of ether oxygens (including phenoxy) is 1. The summed E-state index contributed by atoms with van der Waals surface area (Å²) in [6, 6.07) is 6.23. The van der Waals surface area contributed by atoms with Gasteiger partial charge in [-0.2, -0.15) is 0 Å². The number of benzene rings is 1. The van der Waals surface area contributed by atoms with Gasteiger partial charge in [-0.05, 0) is 68.2 Å². The van der Waals surface area contributed by atoms with E-state index in [0.29, 0.717) is 13.2 Å². The maximum absolute atomic E-state index is 11.5. The quantitative estimate of drug-likeness (QED) is 0.317. The lowest BCUT2D eigenvalue weighted by atomic mass is 9.86. The van der Waals surface area contributed by atoms with E-state index in [-0.39, 0.29) is 11.5 Å². The highest BCUT2D eigenvalue weighted by atomic mass is 32.2. The zero-order chi connectivity index (χ0) is 22.4. The van der Waals surface area contributed by atoms with E-state index in [1.165, 1.54) is 27.6 Å². The van der Waals surface area contributed by atoms with Crippen LogP contribution in [0.3, 0.4) is 0 Å². The van der Waals surface area contributed by atoms with Gasteiger partial charge in [0.1, 0.15) is 12.4 Å². The topological polar surface area (TPSA) is 74.6 Å². The lowest BCUT2D eigenvalue weighted by molar-refractivity contribution is 0.139. The van der Waals surface area contributed by atoms with Crippen LogP contribution >= 0.6 is 12.1 Å². The van der Waals surface area contributed by atoms with Crippen LogP contribution in [0.1, 0.15) is 64.5 Å². The van der Waals surface area contributed by atoms with E-state index in [1.807, 2.05) is 13.0 Å². The predicted molar refractivity (Wildman–Crippen MR) is 125 cm³/mol. The number of aryl methyl sites for hydroxylation is 1. The summed E-state index contributed by atoms with van der Waals surface area (Å²) in [5.74, 6) is 0.914. The average molecular weight is 450 g/mol. The van der Waals surface area contributed by atoms with Gasteiger partial charge in [0, 0.05) is 30.8 Å². The molecule has 1 amide bonds. The van der Waals surface area contributed by atoms with Crippen LogP contribution in [0.15, 0.2) is 23.4 Å². The van der Waals surface area contributed by atoms with E-state index >= 15 is 0 Å². The second-order valence-corrected chi connectivity index (χ2v) is 10.2. The average Bonchev–Trinajstić information content (AvgIpc) is 3.33. The molecule has 7 nitrogen and oxygen atoms in total. The first kappa shape index (κ1) is 23.7. The number of carboxylic acid groups (broad SMARTS) is 1. The summed E-state index contributed by atoms with van der Waals surface area (Å²) < 4.78 is 9.63. The molecule has 1 N–H and O–H groups in total. The van der Waals surface area contributed by atoms with E-state index in [2.05, 4.69) is 42.4 Å². The fourth-order valence-corrected chi connectivity index (χ4v) is 5.17.